The summed E-state index contributed by atoms with van der Waals surface area (Å²) in [6, 6.07) is 47.5. The molecule has 0 saturated heterocycles. The molecule has 56 heavy (non-hydrogen) atoms. The molecule has 0 saturated carbocycles. The maximum absolute atomic E-state index is 2.72. The SMILES string of the molecule is CC1C=C2C3=C(C1C)N(c1ccccc1-c1ccccc1)C1=CC(C)(C(C)(C)C)CC=C1B3c1ccc(C(C)(C)C)cc1N2c1ccccc1-c1ccccc1. The minimum absolute atomic E-state index is 0.00210. The van der Waals surface area contributed by atoms with E-state index in [-0.39, 0.29) is 28.9 Å². The van der Waals surface area contributed by atoms with Crippen molar-refractivity contribution in [3.63, 3.8) is 0 Å². The summed E-state index contributed by atoms with van der Waals surface area (Å²) in [4.78, 5) is 5.35. The molecule has 3 heteroatoms. The quantitative estimate of drug-likeness (QED) is 0.170. The Kier molecular flexibility index (Phi) is 8.54. The van der Waals surface area contributed by atoms with Crippen molar-refractivity contribution in [1.29, 1.82) is 0 Å². The highest BCUT2D eigenvalue weighted by Gasteiger charge is 2.52. The zero-order valence-corrected chi connectivity index (χ0v) is 34.7. The standard InChI is InChI=1S/C53H55BN2/c1-35-32-47-49-50(36(35)2)56(45-27-19-17-25-41(45)38-22-14-11-15-23-38)48-34-53(9,52(6,7)8)31-30-43(48)54(49)42-29-28-39(51(3,4)5)33-46(42)55(47)44-26-18-16-24-40(44)37-20-12-10-13-21-37/h10-30,32-36H,31H2,1-9H3. The van der Waals surface area contributed by atoms with Crippen molar-refractivity contribution in [2.45, 2.75) is 74.1 Å². The molecule has 5 aromatic carbocycles. The molecule has 2 aliphatic carbocycles. The van der Waals surface area contributed by atoms with Crippen LogP contribution >= 0.6 is 0 Å². The number of hydrogen-bond acceptors (Lipinski definition) is 2. The molecule has 0 amide bonds. The van der Waals surface area contributed by atoms with Crippen LogP contribution in [0.25, 0.3) is 22.3 Å². The average Bonchev–Trinajstić information content (AvgIpc) is 3.19. The fourth-order valence-corrected chi connectivity index (χ4v) is 9.54. The molecule has 0 spiro atoms. The third-order valence-electron chi connectivity index (χ3n) is 13.6. The zero-order chi connectivity index (χ0) is 39.1. The molecule has 3 atom stereocenters. The van der Waals surface area contributed by atoms with Gasteiger partial charge in [0.2, 0.25) is 0 Å². The molecule has 0 N–H and O–H groups in total. The van der Waals surface area contributed by atoms with Gasteiger partial charge < -0.3 is 9.80 Å². The second-order valence-electron chi connectivity index (χ2n) is 19.0. The van der Waals surface area contributed by atoms with E-state index >= 15 is 0 Å². The molecular formula is C53H55BN2. The number of allylic oxidation sites excluding steroid dienone is 6. The van der Waals surface area contributed by atoms with E-state index < -0.39 is 0 Å². The van der Waals surface area contributed by atoms with Gasteiger partial charge in [0.05, 0.1) is 11.4 Å². The van der Waals surface area contributed by atoms with Gasteiger partial charge in [0.15, 0.2) is 0 Å². The van der Waals surface area contributed by atoms with Gasteiger partial charge >= 0.3 is 0 Å². The smallest absolute Gasteiger partial charge is 0.251 e. The highest BCUT2D eigenvalue weighted by Crippen LogP contribution is 2.57. The van der Waals surface area contributed by atoms with Gasteiger partial charge in [-0.05, 0) is 79.9 Å². The lowest BCUT2D eigenvalue weighted by molar-refractivity contribution is 0.168. The van der Waals surface area contributed by atoms with Crippen LogP contribution in [0.3, 0.4) is 0 Å². The second kappa shape index (κ2) is 13.2. The van der Waals surface area contributed by atoms with Crippen molar-refractivity contribution in [3.05, 3.63) is 179 Å². The molecule has 2 nitrogen and oxygen atoms in total. The van der Waals surface area contributed by atoms with E-state index in [1.807, 2.05) is 0 Å². The summed E-state index contributed by atoms with van der Waals surface area (Å²) < 4.78 is 0. The van der Waals surface area contributed by atoms with E-state index in [0.29, 0.717) is 5.92 Å². The van der Waals surface area contributed by atoms with Gasteiger partial charge in [0.1, 0.15) is 0 Å². The molecule has 0 bridgehead atoms. The molecule has 0 fully saturated rings. The third kappa shape index (κ3) is 5.68. The fourth-order valence-electron chi connectivity index (χ4n) is 9.54. The van der Waals surface area contributed by atoms with Crippen molar-refractivity contribution < 1.29 is 0 Å². The lowest BCUT2D eigenvalue weighted by Gasteiger charge is -2.54. The first-order valence-corrected chi connectivity index (χ1v) is 20.7. The van der Waals surface area contributed by atoms with E-state index in [1.54, 1.807) is 0 Å². The molecule has 0 radical (unpaired) electrons. The van der Waals surface area contributed by atoms with Crippen LogP contribution in [0.5, 0.6) is 0 Å². The van der Waals surface area contributed by atoms with Crippen LogP contribution in [0, 0.1) is 22.7 Å². The number of para-hydroxylation sites is 2. The Morgan fingerprint density at radius 3 is 1.75 bits per heavy atom. The summed E-state index contributed by atoms with van der Waals surface area (Å²) >= 11 is 0. The first-order chi connectivity index (χ1) is 26.8. The van der Waals surface area contributed by atoms with Gasteiger partial charge in [-0.1, -0.05) is 190 Å². The summed E-state index contributed by atoms with van der Waals surface area (Å²) in [6.07, 6.45) is 8.90. The Morgan fingerprint density at radius 2 is 1.18 bits per heavy atom. The van der Waals surface area contributed by atoms with Gasteiger partial charge in [-0.15, -0.1) is 0 Å². The second-order valence-corrected chi connectivity index (χ2v) is 19.0. The summed E-state index contributed by atoms with van der Waals surface area (Å²) in [5.74, 6) is 0.588. The van der Waals surface area contributed by atoms with Crippen LogP contribution in [0.15, 0.2) is 174 Å². The Labute approximate surface area is 336 Å². The molecule has 3 unspecified atom stereocenters. The Hall–Kier alpha value is -5.28. The lowest BCUT2D eigenvalue weighted by Crippen LogP contribution is -2.55. The number of rotatable bonds is 4. The minimum Gasteiger partial charge on any atom is -0.315 e. The summed E-state index contributed by atoms with van der Waals surface area (Å²) in [7, 11) is 0. The summed E-state index contributed by atoms with van der Waals surface area (Å²) in [5, 5.41) is 0. The fraction of sp³-hybridized carbons (Fsp3) is 0.283. The molecule has 9 rings (SSSR count). The highest BCUT2D eigenvalue weighted by molar-refractivity contribution is 6.90. The Balaban J connectivity index is 1.40. The number of hydrogen-bond donors (Lipinski definition) is 0. The zero-order valence-electron chi connectivity index (χ0n) is 34.7. The normalized spacial score (nSPS) is 21.8. The molecule has 2 heterocycles. The summed E-state index contributed by atoms with van der Waals surface area (Å²) in [5.41, 5.74) is 18.5. The van der Waals surface area contributed by atoms with E-state index in [2.05, 4.69) is 218 Å². The van der Waals surface area contributed by atoms with Crippen LogP contribution in [0.2, 0.25) is 0 Å². The van der Waals surface area contributed by atoms with Gasteiger partial charge in [-0.2, -0.15) is 0 Å². The molecule has 0 aromatic heterocycles. The first kappa shape index (κ1) is 36.4. The number of nitrogens with zero attached hydrogens (tertiary/aromatic N) is 2. The van der Waals surface area contributed by atoms with Crippen molar-refractivity contribution in [1.82, 2.24) is 0 Å². The average molecular weight is 731 g/mol. The number of benzene rings is 5. The first-order valence-electron chi connectivity index (χ1n) is 20.7. The van der Waals surface area contributed by atoms with Crippen LogP contribution in [0.4, 0.5) is 17.1 Å². The molecule has 4 aliphatic rings. The number of fused-ring (bicyclic) bond motifs is 4. The van der Waals surface area contributed by atoms with Gasteiger partial charge in [0.25, 0.3) is 6.71 Å². The Morgan fingerprint density at radius 1 is 0.625 bits per heavy atom. The van der Waals surface area contributed by atoms with Gasteiger partial charge in [-0.25, -0.2) is 0 Å². The highest BCUT2D eigenvalue weighted by atomic mass is 15.2. The minimum atomic E-state index is -0.0275. The number of anilines is 3. The maximum Gasteiger partial charge on any atom is 0.251 e. The van der Waals surface area contributed by atoms with Gasteiger partial charge in [-0.3, -0.25) is 0 Å². The molecule has 5 aromatic rings. The largest absolute Gasteiger partial charge is 0.315 e. The predicted octanol–water partition coefficient (Wildman–Crippen LogP) is 13.5. The van der Waals surface area contributed by atoms with Crippen LogP contribution in [0.1, 0.15) is 74.3 Å². The topological polar surface area (TPSA) is 6.48 Å². The van der Waals surface area contributed by atoms with Crippen LogP contribution < -0.4 is 15.3 Å². The molecule has 2 aliphatic heterocycles. The van der Waals surface area contributed by atoms with Crippen molar-refractivity contribution in [2.75, 3.05) is 9.80 Å². The molecule has 280 valence electrons. The van der Waals surface area contributed by atoms with Crippen LogP contribution in [-0.4, -0.2) is 6.71 Å². The van der Waals surface area contributed by atoms with Crippen molar-refractivity contribution in [2.24, 2.45) is 22.7 Å². The van der Waals surface area contributed by atoms with Gasteiger partial charge in [0, 0.05) is 39.8 Å². The van der Waals surface area contributed by atoms with E-state index in [1.165, 1.54) is 78.4 Å². The monoisotopic (exact) mass is 730 g/mol. The Bertz CT molecular complexity index is 2470. The van der Waals surface area contributed by atoms with E-state index in [9.17, 15) is 0 Å². The lowest BCUT2D eigenvalue weighted by atomic mass is 9.30. The van der Waals surface area contributed by atoms with E-state index in [4.69, 9.17) is 0 Å². The predicted molar refractivity (Wildman–Crippen MR) is 241 cm³/mol. The van der Waals surface area contributed by atoms with Crippen molar-refractivity contribution >= 4 is 29.2 Å². The summed E-state index contributed by atoms with van der Waals surface area (Å²) in [6.45, 7) is 21.8. The third-order valence-corrected chi connectivity index (χ3v) is 13.6. The maximum atomic E-state index is 2.72. The van der Waals surface area contributed by atoms with Crippen LogP contribution in [-0.2, 0) is 5.41 Å². The van der Waals surface area contributed by atoms with E-state index in [0.717, 1.165) is 6.42 Å². The molecular weight excluding hydrogens is 675 g/mol. The van der Waals surface area contributed by atoms with Crippen molar-refractivity contribution in [3.8, 4) is 22.3 Å².